The van der Waals surface area contributed by atoms with Gasteiger partial charge in [-0.05, 0) is 132 Å². The third-order valence-electron chi connectivity index (χ3n) is 13.5. The van der Waals surface area contributed by atoms with Crippen molar-refractivity contribution in [3.63, 3.8) is 0 Å². The lowest BCUT2D eigenvalue weighted by molar-refractivity contribution is 0.443. The Morgan fingerprint density at radius 3 is 1.13 bits per heavy atom. The summed E-state index contributed by atoms with van der Waals surface area (Å²) >= 11 is 9.50. The van der Waals surface area contributed by atoms with E-state index in [0.717, 1.165) is 22.9 Å². The lowest BCUT2D eigenvalue weighted by Gasteiger charge is -2.24. The smallest absolute Gasteiger partial charge is 0.114 e. The summed E-state index contributed by atoms with van der Waals surface area (Å²) in [7, 11) is 0. The predicted octanol–water partition coefficient (Wildman–Crippen LogP) is 16.8. The molecule has 4 aliphatic carbocycles. The predicted molar refractivity (Wildman–Crippen MR) is 234 cm³/mol. The van der Waals surface area contributed by atoms with E-state index in [1.54, 1.807) is 41.8 Å². The summed E-state index contributed by atoms with van der Waals surface area (Å²) in [4.78, 5) is 9.04. The Labute approximate surface area is 336 Å². The highest BCUT2D eigenvalue weighted by atomic mass is 32.1. The number of nitrogens with zero attached hydrogens (tertiary/aromatic N) is 2. The maximum absolute atomic E-state index is 5.08. The summed E-state index contributed by atoms with van der Waals surface area (Å²) in [5.74, 6) is 2.80. The second-order valence-electron chi connectivity index (χ2n) is 16.7. The van der Waals surface area contributed by atoms with Gasteiger partial charge in [0.2, 0.25) is 0 Å². The van der Waals surface area contributed by atoms with Crippen molar-refractivity contribution in [2.24, 2.45) is 0 Å². The summed E-state index contributed by atoms with van der Waals surface area (Å²) in [6, 6.07) is 15.0. The minimum atomic E-state index is 0.673. The molecule has 0 N–H and O–H groups in total. The van der Waals surface area contributed by atoms with E-state index in [2.05, 4.69) is 69.8 Å². The Hall–Kier alpha value is -2.16. The molecule has 0 bridgehead atoms. The summed E-state index contributed by atoms with van der Waals surface area (Å²) in [5.41, 5.74) is 11.3. The minimum Gasteiger partial charge on any atom is -0.172 e. The van der Waals surface area contributed by atoms with Crippen molar-refractivity contribution in [1.82, 2.24) is 8.75 Å². The quantitative estimate of drug-likeness (QED) is 0.153. The van der Waals surface area contributed by atoms with Gasteiger partial charge in [0.15, 0.2) is 0 Å². The number of benzene rings is 1. The number of fused-ring (bicyclic) bond motifs is 1. The van der Waals surface area contributed by atoms with Crippen molar-refractivity contribution >= 4 is 68.1 Å². The number of rotatable bonds is 8. The van der Waals surface area contributed by atoms with Crippen LogP contribution in [0.25, 0.3) is 51.4 Å². The Balaban J connectivity index is 1.06. The first-order chi connectivity index (χ1) is 26.3. The third kappa shape index (κ3) is 6.87. The van der Waals surface area contributed by atoms with Gasteiger partial charge in [0.05, 0.1) is 11.7 Å². The van der Waals surface area contributed by atoms with Crippen molar-refractivity contribution < 1.29 is 0 Å². The van der Waals surface area contributed by atoms with Crippen LogP contribution in [0.2, 0.25) is 0 Å². The van der Waals surface area contributed by atoms with Crippen LogP contribution in [0.4, 0.5) is 0 Å². The molecule has 53 heavy (non-hydrogen) atoms. The molecule has 5 aromatic heterocycles. The van der Waals surface area contributed by atoms with Gasteiger partial charge in [0.25, 0.3) is 0 Å². The average Bonchev–Trinajstić information content (AvgIpc) is 4.08. The fourth-order valence-electron chi connectivity index (χ4n) is 10.6. The van der Waals surface area contributed by atoms with Gasteiger partial charge in [-0.1, -0.05) is 89.2 Å². The minimum absolute atomic E-state index is 0.673. The van der Waals surface area contributed by atoms with Crippen LogP contribution >= 0.6 is 57.1 Å². The molecule has 0 aliphatic heterocycles. The molecule has 10 rings (SSSR count). The summed E-state index contributed by atoms with van der Waals surface area (Å²) < 4.78 is 10.2. The molecule has 1 aromatic carbocycles. The summed E-state index contributed by atoms with van der Waals surface area (Å²) in [5, 5.41) is 4.76. The molecule has 6 aromatic rings. The van der Waals surface area contributed by atoms with E-state index in [1.807, 2.05) is 22.7 Å². The van der Waals surface area contributed by atoms with E-state index in [0.29, 0.717) is 11.8 Å². The van der Waals surface area contributed by atoms with Gasteiger partial charge in [0, 0.05) is 40.4 Å². The van der Waals surface area contributed by atoms with Gasteiger partial charge in [-0.25, -0.2) is 0 Å². The maximum Gasteiger partial charge on any atom is 0.114 e. The Bertz CT molecular complexity index is 2000. The number of hydrogen-bond acceptors (Lipinski definition) is 7. The molecule has 5 heterocycles. The molecule has 7 heteroatoms. The molecule has 2 nitrogen and oxygen atoms in total. The first-order valence-corrected chi connectivity index (χ1v) is 25.1. The van der Waals surface area contributed by atoms with Crippen molar-refractivity contribution in [3.8, 4) is 40.4 Å². The molecule has 0 radical (unpaired) electrons. The number of aromatic nitrogens is 2. The molecule has 4 saturated carbocycles. The highest BCUT2D eigenvalue weighted by Crippen LogP contribution is 2.54. The molecule has 4 fully saturated rings. The van der Waals surface area contributed by atoms with Gasteiger partial charge in [-0.3, -0.25) is 0 Å². The number of thiophene rings is 4. The van der Waals surface area contributed by atoms with E-state index >= 15 is 0 Å². The van der Waals surface area contributed by atoms with Crippen LogP contribution in [0.3, 0.4) is 0 Å². The van der Waals surface area contributed by atoms with Gasteiger partial charge in [-0.15, -0.1) is 45.3 Å². The van der Waals surface area contributed by atoms with Gasteiger partial charge in [-0.2, -0.15) is 8.75 Å². The molecular formula is C46H52N2S5. The zero-order chi connectivity index (χ0) is 35.1. The lowest BCUT2D eigenvalue weighted by Crippen LogP contribution is -2.06. The molecule has 0 unspecified atom stereocenters. The van der Waals surface area contributed by atoms with E-state index < -0.39 is 0 Å². The lowest BCUT2D eigenvalue weighted by atomic mass is 9.81. The molecule has 0 saturated heterocycles. The third-order valence-corrected chi connectivity index (χ3v) is 18.5. The van der Waals surface area contributed by atoms with Gasteiger partial charge in [0.1, 0.15) is 11.0 Å². The molecule has 276 valence electrons. The Morgan fingerprint density at radius 2 is 0.755 bits per heavy atom. The van der Waals surface area contributed by atoms with Crippen LogP contribution in [0.1, 0.15) is 174 Å². The maximum atomic E-state index is 5.08. The van der Waals surface area contributed by atoms with E-state index in [1.165, 1.54) is 161 Å². The van der Waals surface area contributed by atoms with Crippen LogP contribution in [-0.4, -0.2) is 8.75 Å². The Morgan fingerprint density at radius 1 is 0.396 bits per heavy atom. The zero-order valence-electron chi connectivity index (χ0n) is 31.0. The zero-order valence-corrected chi connectivity index (χ0v) is 35.1. The first kappa shape index (κ1) is 35.3. The second-order valence-corrected chi connectivity index (χ2v) is 21.1. The molecule has 0 spiro atoms. The van der Waals surface area contributed by atoms with Crippen LogP contribution < -0.4 is 0 Å². The average molecular weight is 793 g/mol. The highest BCUT2D eigenvalue weighted by Gasteiger charge is 2.30. The fraction of sp³-hybridized carbons (Fsp3) is 0.522. The number of hydrogen-bond donors (Lipinski definition) is 0. The normalized spacial score (nSPS) is 20.2. The highest BCUT2D eigenvalue weighted by molar-refractivity contribution is 7.24. The van der Waals surface area contributed by atoms with E-state index in [-0.39, 0.29) is 0 Å². The van der Waals surface area contributed by atoms with Gasteiger partial charge < -0.3 is 0 Å². The van der Waals surface area contributed by atoms with Crippen LogP contribution in [-0.2, 0) is 0 Å². The topological polar surface area (TPSA) is 25.8 Å². The fourth-order valence-corrected chi connectivity index (χ4v) is 16.1. The monoisotopic (exact) mass is 792 g/mol. The van der Waals surface area contributed by atoms with Crippen molar-refractivity contribution in [1.29, 1.82) is 0 Å². The van der Waals surface area contributed by atoms with Crippen LogP contribution in [0, 0.1) is 0 Å². The molecular weight excluding hydrogens is 741 g/mol. The summed E-state index contributed by atoms with van der Waals surface area (Å²) in [6.07, 6.45) is 27.3. The Kier molecular flexibility index (Phi) is 10.5. The first-order valence-electron chi connectivity index (χ1n) is 21.0. The van der Waals surface area contributed by atoms with E-state index in [9.17, 15) is 0 Å². The standard InChI is InChI=1S/C46H52N2S5/c1-5-13-29(14-6-1)33-23-25-49-43(33)45-37(31-17-9-3-10-18-31)27-39(51-45)35-21-22-36(42-41(35)47-53-48-42)40-28-38(32-19-11-4-12-20-32)46(52-40)44-34(24-26-50-44)30-15-7-2-8-16-30/h21-32H,1-20H2. The van der Waals surface area contributed by atoms with Crippen LogP contribution in [0.15, 0.2) is 47.2 Å². The van der Waals surface area contributed by atoms with Gasteiger partial charge >= 0.3 is 0 Å². The second kappa shape index (κ2) is 15.8. The van der Waals surface area contributed by atoms with Crippen molar-refractivity contribution in [2.75, 3.05) is 0 Å². The largest absolute Gasteiger partial charge is 0.172 e. The van der Waals surface area contributed by atoms with Crippen LogP contribution in [0.5, 0.6) is 0 Å². The van der Waals surface area contributed by atoms with Crippen molar-refractivity contribution in [2.45, 2.75) is 152 Å². The molecule has 4 aliphatic rings. The molecule has 0 amide bonds. The SMILES string of the molecule is c1cc(C2CCCCC2)c(-c2sc(-c3ccc(-c4cc(C5CCCCC5)c(-c5sccc5C5CCCCC5)s4)c4nsnc34)cc2C2CCCCC2)s1. The van der Waals surface area contributed by atoms with E-state index in [4.69, 9.17) is 8.75 Å². The van der Waals surface area contributed by atoms with Crippen molar-refractivity contribution in [3.05, 3.63) is 69.4 Å². The summed E-state index contributed by atoms with van der Waals surface area (Å²) in [6.45, 7) is 0. The molecule has 0 atom stereocenters.